The van der Waals surface area contributed by atoms with Crippen LogP contribution in [-0.4, -0.2) is 30.4 Å². The van der Waals surface area contributed by atoms with Gasteiger partial charge in [-0.25, -0.2) is 4.79 Å². The standard InChI is InChI=1S/C28H28N4O3/c33-26-18-32(25-16-7-6-14-23(25)29-26)28(35)31-24(17-19-9-2-1-3-10-19)27(34)30-22-15-8-12-20-11-4-5-13-21(20)22/h1-7,9-11,13-14,16,22,24H,8,12,15,17-18H2,(H,29,33)(H,30,34)(H,31,35)/t22-,24-/m1/s1. The van der Waals surface area contributed by atoms with E-state index in [0.29, 0.717) is 17.8 Å². The van der Waals surface area contributed by atoms with Gasteiger partial charge in [0.05, 0.1) is 17.4 Å². The molecule has 1 aliphatic carbocycles. The van der Waals surface area contributed by atoms with Crippen molar-refractivity contribution < 1.29 is 14.4 Å². The second-order valence-corrected chi connectivity index (χ2v) is 9.00. The minimum atomic E-state index is -0.795. The average Bonchev–Trinajstić information content (AvgIpc) is 2.88. The summed E-state index contributed by atoms with van der Waals surface area (Å²) < 4.78 is 0. The van der Waals surface area contributed by atoms with Gasteiger partial charge < -0.3 is 16.0 Å². The Labute approximate surface area is 204 Å². The van der Waals surface area contributed by atoms with E-state index in [4.69, 9.17) is 0 Å². The zero-order valence-corrected chi connectivity index (χ0v) is 19.4. The Morgan fingerprint density at radius 2 is 1.71 bits per heavy atom. The van der Waals surface area contributed by atoms with Crippen molar-refractivity contribution in [3.63, 3.8) is 0 Å². The number of hydrogen-bond donors (Lipinski definition) is 3. The largest absolute Gasteiger partial charge is 0.347 e. The number of nitrogens with one attached hydrogen (secondary N) is 3. The fourth-order valence-corrected chi connectivity index (χ4v) is 4.88. The number of benzene rings is 3. The number of para-hydroxylation sites is 2. The monoisotopic (exact) mass is 468 g/mol. The van der Waals surface area contributed by atoms with Crippen LogP contribution in [0.4, 0.5) is 16.2 Å². The van der Waals surface area contributed by atoms with E-state index in [9.17, 15) is 14.4 Å². The number of amides is 4. The van der Waals surface area contributed by atoms with Crippen molar-refractivity contribution >= 4 is 29.2 Å². The van der Waals surface area contributed by atoms with Crippen LogP contribution in [-0.2, 0) is 22.4 Å². The second kappa shape index (κ2) is 10.0. The summed E-state index contributed by atoms with van der Waals surface area (Å²) in [6, 6.07) is 23.6. The van der Waals surface area contributed by atoms with Crippen LogP contribution in [0.5, 0.6) is 0 Å². The molecule has 0 radical (unpaired) electrons. The fourth-order valence-electron chi connectivity index (χ4n) is 4.88. The summed E-state index contributed by atoms with van der Waals surface area (Å²) in [6.45, 7) is -0.113. The molecule has 0 fully saturated rings. The molecular weight excluding hydrogens is 440 g/mol. The highest BCUT2D eigenvalue weighted by Gasteiger charge is 2.31. The van der Waals surface area contributed by atoms with Gasteiger partial charge in [-0.3, -0.25) is 14.5 Å². The molecule has 3 N–H and O–H groups in total. The fraction of sp³-hybridized carbons (Fsp3) is 0.250. The van der Waals surface area contributed by atoms with Crippen molar-refractivity contribution in [3.8, 4) is 0 Å². The molecule has 0 spiro atoms. The van der Waals surface area contributed by atoms with E-state index in [-0.39, 0.29) is 24.4 Å². The molecule has 5 rings (SSSR count). The third-order valence-electron chi connectivity index (χ3n) is 6.60. The molecule has 35 heavy (non-hydrogen) atoms. The molecule has 2 atom stereocenters. The highest BCUT2D eigenvalue weighted by molar-refractivity contribution is 6.10. The van der Waals surface area contributed by atoms with Crippen molar-refractivity contribution in [1.82, 2.24) is 10.6 Å². The van der Waals surface area contributed by atoms with Crippen LogP contribution in [0.25, 0.3) is 0 Å². The molecule has 3 aromatic rings. The first-order valence-corrected chi connectivity index (χ1v) is 12.0. The molecule has 0 unspecified atom stereocenters. The van der Waals surface area contributed by atoms with Crippen LogP contribution < -0.4 is 20.9 Å². The van der Waals surface area contributed by atoms with Crippen molar-refractivity contribution in [2.24, 2.45) is 0 Å². The van der Waals surface area contributed by atoms with Gasteiger partial charge in [0.15, 0.2) is 0 Å². The van der Waals surface area contributed by atoms with Gasteiger partial charge in [-0.2, -0.15) is 0 Å². The van der Waals surface area contributed by atoms with Crippen molar-refractivity contribution in [2.75, 3.05) is 16.8 Å². The first-order valence-electron chi connectivity index (χ1n) is 12.0. The summed E-state index contributed by atoms with van der Waals surface area (Å²) in [5, 5.41) is 8.87. The van der Waals surface area contributed by atoms with Gasteiger partial charge >= 0.3 is 6.03 Å². The summed E-state index contributed by atoms with van der Waals surface area (Å²) in [7, 11) is 0. The van der Waals surface area contributed by atoms with Gasteiger partial charge in [-0.1, -0.05) is 66.7 Å². The molecule has 1 heterocycles. The lowest BCUT2D eigenvalue weighted by Gasteiger charge is -2.32. The van der Waals surface area contributed by atoms with Crippen molar-refractivity contribution in [1.29, 1.82) is 0 Å². The molecule has 0 saturated heterocycles. The van der Waals surface area contributed by atoms with Crippen LogP contribution >= 0.6 is 0 Å². The summed E-state index contributed by atoms with van der Waals surface area (Å²) in [6.07, 6.45) is 3.20. The molecule has 1 aliphatic heterocycles. The van der Waals surface area contributed by atoms with Crippen LogP contribution in [0.15, 0.2) is 78.9 Å². The molecular formula is C28H28N4O3. The Balaban J connectivity index is 1.37. The Hall–Kier alpha value is -4.13. The number of fused-ring (bicyclic) bond motifs is 2. The third-order valence-corrected chi connectivity index (χ3v) is 6.60. The van der Waals surface area contributed by atoms with E-state index < -0.39 is 12.1 Å². The Morgan fingerprint density at radius 3 is 2.57 bits per heavy atom. The minimum absolute atomic E-state index is 0.0934. The Bertz CT molecular complexity index is 1240. The van der Waals surface area contributed by atoms with Crippen molar-refractivity contribution in [2.45, 2.75) is 37.8 Å². The smallest absolute Gasteiger partial charge is 0.323 e. The topological polar surface area (TPSA) is 90.5 Å². The lowest BCUT2D eigenvalue weighted by atomic mass is 9.87. The predicted octanol–water partition coefficient (Wildman–Crippen LogP) is 3.96. The summed E-state index contributed by atoms with van der Waals surface area (Å²) in [5.41, 5.74) is 4.50. The van der Waals surface area contributed by atoms with Crippen LogP contribution in [0.2, 0.25) is 0 Å². The first-order chi connectivity index (χ1) is 17.1. The minimum Gasteiger partial charge on any atom is -0.347 e. The maximum absolute atomic E-state index is 13.5. The maximum atomic E-state index is 13.5. The maximum Gasteiger partial charge on any atom is 0.323 e. The number of nitrogens with zero attached hydrogens (tertiary/aromatic N) is 1. The quantitative estimate of drug-likeness (QED) is 0.529. The van der Waals surface area contributed by atoms with Gasteiger partial charge in [0.1, 0.15) is 12.6 Å². The highest BCUT2D eigenvalue weighted by atomic mass is 16.2. The average molecular weight is 469 g/mol. The zero-order valence-electron chi connectivity index (χ0n) is 19.4. The van der Waals surface area contributed by atoms with E-state index >= 15 is 0 Å². The van der Waals surface area contributed by atoms with E-state index in [0.717, 1.165) is 30.4 Å². The number of carbonyl (C=O) groups excluding carboxylic acids is 3. The van der Waals surface area contributed by atoms with Crippen LogP contribution in [0.3, 0.4) is 0 Å². The predicted molar refractivity (Wildman–Crippen MR) is 135 cm³/mol. The lowest BCUT2D eigenvalue weighted by Crippen LogP contribution is -2.55. The number of carbonyl (C=O) groups is 3. The van der Waals surface area contributed by atoms with Gasteiger partial charge in [-0.05, 0) is 48.1 Å². The molecule has 0 bridgehead atoms. The van der Waals surface area contributed by atoms with Gasteiger partial charge in [-0.15, -0.1) is 0 Å². The third kappa shape index (κ3) is 5.04. The molecule has 7 nitrogen and oxygen atoms in total. The normalized spacial score (nSPS) is 17.4. The molecule has 178 valence electrons. The molecule has 7 heteroatoms. The van der Waals surface area contributed by atoms with Crippen LogP contribution in [0.1, 0.15) is 35.6 Å². The lowest BCUT2D eigenvalue weighted by molar-refractivity contribution is -0.123. The van der Waals surface area contributed by atoms with E-state index in [1.54, 1.807) is 18.2 Å². The van der Waals surface area contributed by atoms with Gasteiger partial charge in [0, 0.05) is 6.42 Å². The number of urea groups is 1. The van der Waals surface area contributed by atoms with Gasteiger partial charge in [0.2, 0.25) is 11.8 Å². The van der Waals surface area contributed by atoms with E-state index in [1.807, 2.05) is 48.5 Å². The van der Waals surface area contributed by atoms with Gasteiger partial charge in [0.25, 0.3) is 0 Å². The zero-order chi connectivity index (χ0) is 24.2. The van der Waals surface area contributed by atoms with Crippen molar-refractivity contribution in [3.05, 3.63) is 95.6 Å². The summed E-state index contributed by atoms with van der Waals surface area (Å²) in [5.74, 6) is -0.514. The molecule has 0 saturated carbocycles. The van der Waals surface area contributed by atoms with E-state index in [2.05, 4.69) is 28.1 Å². The molecule has 4 amide bonds. The Morgan fingerprint density at radius 1 is 0.971 bits per heavy atom. The number of aryl methyl sites for hydroxylation is 1. The number of hydrogen-bond acceptors (Lipinski definition) is 3. The van der Waals surface area contributed by atoms with E-state index in [1.165, 1.54) is 10.5 Å². The van der Waals surface area contributed by atoms with Crippen LogP contribution in [0, 0.1) is 0 Å². The highest BCUT2D eigenvalue weighted by Crippen LogP contribution is 2.30. The summed E-state index contributed by atoms with van der Waals surface area (Å²) in [4.78, 5) is 40.5. The summed E-state index contributed by atoms with van der Waals surface area (Å²) >= 11 is 0. The number of anilines is 2. The Kier molecular flexibility index (Phi) is 6.48. The molecule has 3 aromatic carbocycles. The first kappa shape index (κ1) is 22.7. The second-order valence-electron chi connectivity index (χ2n) is 9.00. The molecule has 2 aliphatic rings. The molecule has 0 aromatic heterocycles. The SMILES string of the molecule is O=C1CN(C(=O)N[C@H](Cc2ccccc2)C(=O)N[C@@H]2CCCc3ccccc32)c2ccccc2N1. The number of rotatable bonds is 5.